The van der Waals surface area contributed by atoms with Crippen LogP contribution in [0, 0.1) is 11.7 Å². The summed E-state index contributed by atoms with van der Waals surface area (Å²) in [6, 6.07) is 1.38. The van der Waals surface area contributed by atoms with E-state index in [9.17, 15) is 4.39 Å². The molecule has 1 saturated heterocycles. The van der Waals surface area contributed by atoms with Crippen LogP contribution >= 0.6 is 0 Å². The number of benzene rings is 1. The van der Waals surface area contributed by atoms with Crippen LogP contribution in [0.5, 0.6) is 17.2 Å². The van der Waals surface area contributed by atoms with Crippen molar-refractivity contribution in [2.75, 3.05) is 33.4 Å². The third kappa shape index (κ3) is 3.07. The van der Waals surface area contributed by atoms with Gasteiger partial charge in [0.1, 0.15) is 0 Å². The maximum Gasteiger partial charge on any atom is 0.169 e. The first kappa shape index (κ1) is 14.4. The minimum absolute atomic E-state index is 0.304. The highest BCUT2D eigenvalue weighted by Crippen LogP contribution is 2.42. The van der Waals surface area contributed by atoms with E-state index < -0.39 is 0 Å². The van der Waals surface area contributed by atoms with Crippen LogP contribution in [0.1, 0.15) is 24.8 Å². The molecule has 0 saturated carbocycles. The molecule has 0 amide bonds. The number of fused-ring (bicyclic) bond motifs is 1. The van der Waals surface area contributed by atoms with Crippen LogP contribution in [0.3, 0.4) is 0 Å². The molecule has 1 N–H and O–H groups in total. The first-order chi connectivity index (χ1) is 10.3. The Morgan fingerprint density at radius 1 is 1.29 bits per heavy atom. The Kier molecular flexibility index (Phi) is 4.48. The smallest absolute Gasteiger partial charge is 0.169 e. The van der Waals surface area contributed by atoms with E-state index in [1.54, 1.807) is 0 Å². The molecule has 2 aliphatic heterocycles. The van der Waals surface area contributed by atoms with Crippen molar-refractivity contribution in [1.82, 2.24) is 5.32 Å². The molecule has 2 aliphatic rings. The molecule has 4 nitrogen and oxygen atoms in total. The molecule has 0 unspecified atom stereocenters. The van der Waals surface area contributed by atoms with Gasteiger partial charge < -0.3 is 19.5 Å². The number of hydrogen-bond acceptors (Lipinski definition) is 4. The summed E-state index contributed by atoms with van der Waals surface area (Å²) < 4.78 is 31.0. The fourth-order valence-electron chi connectivity index (χ4n) is 3.10. The van der Waals surface area contributed by atoms with E-state index in [0.717, 1.165) is 44.3 Å². The topological polar surface area (TPSA) is 39.7 Å². The number of ether oxygens (including phenoxy) is 3. The van der Waals surface area contributed by atoms with Gasteiger partial charge in [0.05, 0.1) is 20.3 Å². The second kappa shape index (κ2) is 6.52. The lowest BCUT2D eigenvalue weighted by Gasteiger charge is -2.25. The summed E-state index contributed by atoms with van der Waals surface area (Å²) in [5.74, 6) is 1.64. The maximum absolute atomic E-state index is 14.3. The lowest BCUT2D eigenvalue weighted by Crippen LogP contribution is -2.28. The Morgan fingerprint density at radius 3 is 2.81 bits per heavy atom. The van der Waals surface area contributed by atoms with Crippen molar-refractivity contribution in [2.24, 2.45) is 5.92 Å². The van der Waals surface area contributed by atoms with Crippen molar-refractivity contribution in [3.05, 3.63) is 17.4 Å². The van der Waals surface area contributed by atoms with E-state index >= 15 is 0 Å². The van der Waals surface area contributed by atoms with Crippen molar-refractivity contribution in [1.29, 1.82) is 0 Å². The molecule has 0 aromatic heterocycles. The molecular formula is C16H22FNO3. The molecular weight excluding hydrogens is 273 g/mol. The molecule has 0 radical (unpaired) electrons. The second-order valence-electron chi connectivity index (χ2n) is 5.65. The highest BCUT2D eigenvalue weighted by Gasteiger charge is 2.26. The highest BCUT2D eigenvalue weighted by atomic mass is 19.1. The van der Waals surface area contributed by atoms with Crippen LogP contribution in [-0.4, -0.2) is 33.4 Å². The van der Waals surface area contributed by atoms with Crippen LogP contribution in [-0.2, 0) is 6.42 Å². The number of hydrogen-bond donors (Lipinski definition) is 1. The zero-order valence-corrected chi connectivity index (χ0v) is 12.4. The Hall–Kier alpha value is -1.49. The van der Waals surface area contributed by atoms with E-state index in [2.05, 4.69) is 5.32 Å². The first-order valence-electron chi connectivity index (χ1n) is 7.65. The Balaban J connectivity index is 1.96. The molecule has 21 heavy (non-hydrogen) atoms. The molecule has 3 rings (SSSR count). The van der Waals surface area contributed by atoms with Crippen molar-refractivity contribution in [3.8, 4) is 17.2 Å². The fraction of sp³-hybridized carbons (Fsp3) is 0.625. The van der Waals surface area contributed by atoms with Crippen LogP contribution in [0.25, 0.3) is 0 Å². The van der Waals surface area contributed by atoms with Crippen molar-refractivity contribution >= 4 is 0 Å². The SMILES string of the molecule is COc1c(F)cc2c(c1CC1CCNCC1)OCCCO2. The largest absolute Gasteiger partial charge is 0.493 e. The van der Waals surface area contributed by atoms with Crippen molar-refractivity contribution in [3.63, 3.8) is 0 Å². The van der Waals surface area contributed by atoms with E-state index in [4.69, 9.17) is 14.2 Å². The van der Waals surface area contributed by atoms with Gasteiger partial charge in [0, 0.05) is 18.1 Å². The van der Waals surface area contributed by atoms with Crippen LogP contribution in [0.4, 0.5) is 4.39 Å². The Bertz CT molecular complexity index is 501. The molecule has 116 valence electrons. The summed E-state index contributed by atoms with van der Waals surface area (Å²) in [6.07, 6.45) is 3.77. The predicted molar refractivity (Wildman–Crippen MR) is 77.9 cm³/mol. The van der Waals surface area contributed by atoms with Gasteiger partial charge in [-0.3, -0.25) is 0 Å². The standard InChI is InChI=1S/C16H22FNO3/c1-19-15-12(9-11-3-5-18-6-4-11)16-14(10-13(15)17)20-7-2-8-21-16/h10-11,18H,2-9H2,1H3. The predicted octanol–water partition coefficient (Wildman–Crippen LogP) is 2.54. The molecule has 0 aliphatic carbocycles. The van der Waals surface area contributed by atoms with E-state index in [-0.39, 0.29) is 5.82 Å². The third-order valence-electron chi connectivity index (χ3n) is 4.19. The Morgan fingerprint density at radius 2 is 2.05 bits per heavy atom. The lowest BCUT2D eigenvalue weighted by molar-refractivity contribution is 0.293. The summed E-state index contributed by atoms with van der Waals surface area (Å²) in [6.45, 7) is 3.19. The number of halogens is 1. The zero-order valence-electron chi connectivity index (χ0n) is 12.4. The van der Waals surface area contributed by atoms with E-state index in [1.165, 1.54) is 13.2 Å². The number of rotatable bonds is 3. The first-order valence-corrected chi connectivity index (χ1v) is 7.65. The molecule has 1 aromatic rings. The van der Waals surface area contributed by atoms with Crippen LogP contribution < -0.4 is 19.5 Å². The molecule has 2 heterocycles. The van der Waals surface area contributed by atoms with Gasteiger partial charge in [-0.15, -0.1) is 0 Å². The van der Waals surface area contributed by atoms with E-state index in [0.29, 0.717) is 36.4 Å². The van der Waals surface area contributed by atoms with Gasteiger partial charge in [-0.2, -0.15) is 0 Å². The van der Waals surface area contributed by atoms with Gasteiger partial charge in [0.15, 0.2) is 23.1 Å². The van der Waals surface area contributed by atoms with Crippen molar-refractivity contribution in [2.45, 2.75) is 25.7 Å². The van der Waals surface area contributed by atoms with E-state index in [1.807, 2.05) is 0 Å². The van der Waals surface area contributed by atoms with Crippen molar-refractivity contribution < 1.29 is 18.6 Å². The minimum Gasteiger partial charge on any atom is -0.493 e. The zero-order chi connectivity index (χ0) is 14.7. The van der Waals surface area contributed by atoms with Gasteiger partial charge in [-0.25, -0.2) is 4.39 Å². The molecule has 1 fully saturated rings. The summed E-state index contributed by atoms with van der Waals surface area (Å²) in [5.41, 5.74) is 0.821. The normalized spacial score (nSPS) is 19.1. The summed E-state index contributed by atoms with van der Waals surface area (Å²) in [5, 5.41) is 3.35. The average Bonchev–Trinajstić information content (AvgIpc) is 2.73. The second-order valence-corrected chi connectivity index (χ2v) is 5.65. The molecule has 1 aromatic carbocycles. The monoisotopic (exact) mass is 295 g/mol. The van der Waals surface area contributed by atoms with Gasteiger partial charge in [0.2, 0.25) is 0 Å². The molecule has 5 heteroatoms. The highest BCUT2D eigenvalue weighted by molar-refractivity contribution is 5.55. The third-order valence-corrected chi connectivity index (χ3v) is 4.19. The summed E-state index contributed by atoms with van der Waals surface area (Å²) in [4.78, 5) is 0. The Labute approximate surface area is 124 Å². The van der Waals surface area contributed by atoms with Gasteiger partial charge in [-0.05, 0) is 38.3 Å². The number of nitrogens with one attached hydrogen (secondary N) is 1. The maximum atomic E-state index is 14.3. The van der Waals surface area contributed by atoms with Crippen LogP contribution in [0.15, 0.2) is 6.07 Å². The average molecular weight is 295 g/mol. The summed E-state index contributed by atoms with van der Waals surface area (Å²) in [7, 11) is 1.51. The summed E-state index contributed by atoms with van der Waals surface area (Å²) >= 11 is 0. The molecule has 0 atom stereocenters. The number of piperidine rings is 1. The van der Waals surface area contributed by atoms with Gasteiger partial charge >= 0.3 is 0 Å². The number of methoxy groups -OCH3 is 1. The van der Waals surface area contributed by atoms with Crippen LogP contribution in [0.2, 0.25) is 0 Å². The lowest BCUT2D eigenvalue weighted by atomic mass is 9.90. The van der Waals surface area contributed by atoms with Gasteiger partial charge in [0.25, 0.3) is 0 Å². The minimum atomic E-state index is -0.370. The molecule has 0 spiro atoms. The quantitative estimate of drug-likeness (QED) is 0.930. The molecule has 0 bridgehead atoms. The van der Waals surface area contributed by atoms with Gasteiger partial charge in [-0.1, -0.05) is 0 Å². The fourth-order valence-corrected chi connectivity index (χ4v) is 3.10.